The zero-order valence-electron chi connectivity index (χ0n) is 14.0. The highest BCUT2D eigenvalue weighted by molar-refractivity contribution is 5.97. The summed E-state index contributed by atoms with van der Waals surface area (Å²) in [6.07, 6.45) is 0.467. The number of ether oxygens (including phenoxy) is 2. The molecule has 0 bridgehead atoms. The van der Waals surface area contributed by atoms with Crippen molar-refractivity contribution in [3.8, 4) is 23.0 Å². The van der Waals surface area contributed by atoms with Crippen LogP contribution in [0.25, 0.3) is 11.5 Å². The summed E-state index contributed by atoms with van der Waals surface area (Å²) in [6.45, 7) is 1.30. The third kappa shape index (κ3) is 3.37. The molecule has 3 aromatic rings. The number of amides is 1. The largest absolute Gasteiger partial charge is 0.486 e. The standard InChI is InChI=1S/C19H17N3O4/c23-18(14-7-4-8-15-17(14)25-12-11-24-15)20-10-9-16-21-19(26-22-16)13-5-2-1-3-6-13/h1-8H,9-12H2,(H,20,23). The number of aromatic nitrogens is 2. The van der Waals surface area contributed by atoms with Crippen LogP contribution in [0.5, 0.6) is 11.5 Å². The molecule has 7 nitrogen and oxygen atoms in total. The average Bonchev–Trinajstić information content (AvgIpc) is 3.17. The van der Waals surface area contributed by atoms with E-state index in [1.807, 2.05) is 30.3 Å². The second-order valence-corrected chi connectivity index (χ2v) is 5.72. The van der Waals surface area contributed by atoms with Gasteiger partial charge in [0.1, 0.15) is 13.2 Å². The van der Waals surface area contributed by atoms with E-state index in [0.717, 1.165) is 5.56 Å². The van der Waals surface area contributed by atoms with Gasteiger partial charge in [0.15, 0.2) is 17.3 Å². The van der Waals surface area contributed by atoms with Crippen LogP contribution >= 0.6 is 0 Å². The topological polar surface area (TPSA) is 86.5 Å². The molecule has 0 radical (unpaired) electrons. The zero-order valence-corrected chi connectivity index (χ0v) is 14.0. The second-order valence-electron chi connectivity index (χ2n) is 5.72. The van der Waals surface area contributed by atoms with Gasteiger partial charge in [-0.2, -0.15) is 4.98 Å². The Balaban J connectivity index is 1.37. The first-order chi connectivity index (χ1) is 12.8. The SMILES string of the molecule is O=C(NCCc1noc(-c2ccccc2)n1)c1cccc2c1OCCO2. The number of nitrogens with zero attached hydrogens (tertiary/aromatic N) is 2. The summed E-state index contributed by atoms with van der Waals surface area (Å²) in [5.74, 6) is 1.87. The van der Waals surface area contributed by atoms with Crippen LogP contribution in [0.1, 0.15) is 16.2 Å². The molecule has 0 saturated heterocycles. The zero-order chi connectivity index (χ0) is 17.8. The summed E-state index contributed by atoms with van der Waals surface area (Å²) < 4.78 is 16.3. The minimum Gasteiger partial charge on any atom is -0.486 e. The van der Waals surface area contributed by atoms with Gasteiger partial charge in [0.05, 0.1) is 5.56 Å². The fourth-order valence-electron chi connectivity index (χ4n) is 2.69. The monoisotopic (exact) mass is 351 g/mol. The van der Waals surface area contributed by atoms with Crippen molar-refractivity contribution in [3.05, 3.63) is 59.9 Å². The summed E-state index contributed by atoms with van der Waals surface area (Å²) in [6, 6.07) is 14.8. The van der Waals surface area contributed by atoms with E-state index in [4.69, 9.17) is 14.0 Å². The minimum atomic E-state index is -0.223. The normalized spacial score (nSPS) is 12.6. The molecule has 1 aliphatic rings. The van der Waals surface area contributed by atoms with Crippen molar-refractivity contribution in [1.29, 1.82) is 0 Å². The lowest BCUT2D eigenvalue weighted by atomic mass is 10.1. The van der Waals surface area contributed by atoms with Gasteiger partial charge in [-0.05, 0) is 24.3 Å². The van der Waals surface area contributed by atoms with Crippen LogP contribution < -0.4 is 14.8 Å². The van der Waals surface area contributed by atoms with Crippen molar-refractivity contribution in [2.45, 2.75) is 6.42 Å². The predicted molar refractivity (Wildman–Crippen MR) is 93.2 cm³/mol. The van der Waals surface area contributed by atoms with E-state index in [9.17, 15) is 4.79 Å². The molecule has 1 N–H and O–H groups in total. The molecule has 0 fully saturated rings. The van der Waals surface area contributed by atoms with E-state index in [1.165, 1.54) is 0 Å². The van der Waals surface area contributed by atoms with Crippen LogP contribution in [-0.4, -0.2) is 35.8 Å². The molecule has 0 spiro atoms. The number of hydrogen-bond donors (Lipinski definition) is 1. The Morgan fingerprint density at radius 2 is 1.88 bits per heavy atom. The first kappa shape index (κ1) is 16.1. The predicted octanol–water partition coefficient (Wildman–Crippen LogP) is 2.48. The molecule has 26 heavy (non-hydrogen) atoms. The summed E-state index contributed by atoms with van der Waals surface area (Å²) in [7, 11) is 0. The van der Waals surface area contributed by atoms with Crippen molar-refractivity contribution < 1.29 is 18.8 Å². The Labute approximate surface area is 149 Å². The molecule has 7 heteroatoms. The number of benzene rings is 2. The molecule has 4 rings (SSSR count). The maximum atomic E-state index is 12.4. The van der Waals surface area contributed by atoms with Crippen molar-refractivity contribution >= 4 is 5.91 Å². The number of carbonyl (C=O) groups is 1. The highest BCUT2D eigenvalue weighted by atomic mass is 16.6. The van der Waals surface area contributed by atoms with Crippen LogP contribution in [0.15, 0.2) is 53.1 Å². The Morgan fingerprint density at radius 1 is 1.04 bits per heavy atom. The summed E-state index contributed by atoms with van der Waals surface area (Å²) >= 11 is 0. The van der Waals surface area contributed by atoms with E-state index in [-0.39, 0.29) is 5.91 Å². The third-order valence-electron chi connectivity index (χ3n) is 3.93. The molecule has 2 aromatic carbocycles. The lowest BCUT2D eigenvalue weighted by Gasteiger charge is -2.20. The van der Waals surface area contributed by atoms with E-state index >= 15 is 0 Å². The number of nitrogens with one attached hydrogen (secondary N) is 1. The maximum Gasteiger partial charge on any atom is 0.257 e. The van der Waals surface area contributed by atoms with Crippen LogP contribution in [-0.2, 0) is 6.42 Å². The van der Waals surface area contributed by atoms with E-state index in [1.54, 1.807) is 18.2 Å². The Bertz CT molecular complexity index is 908. The molecule has 132 valence electrons. The van der Waals surface area contributed by atoms with Gasteiger partial charge in [-0.15, -0.1) is 0 Å². The molecule has 1 aliphatic heterocycles. The minimum absolute atomic E-state index is 0.223. The maximum absolute atomic E-state index is 12.4. The van der Waals surface area contributed by atoms with Crippen LogP contribution in [0.3, 0.4) is 0 Å². The van der Waals surface area contributed by atoms with E-state index in [0.29, 0.717) is 55.0 Å². The van der Waals surface area contributed by atoms with Crippen molar-refractivity contribution in [2.24, 2.45) is 0 Å². The first-order valence-electron chi connectivity index (χ1n) is 8.36. The summed E-state index contributed by atoms with van der Waals surface area (Å²) in [4.78, 5) is 16.8. The van der Waals surface area contributed by atoms with Crippen molar-refractivity contribution in [2.75, 3.05) is 19.8 Å². The molecule has 0 saturated carbocycles. The van der Waals surface area contributed by atoms with Gasteiger partial charge in [-0.1, -0.05) is 29.4 Å². The number of fused-ring (bicyclic) bond motifs is 1. The van der Waals surface area contributed by atoms with Gasteiger partial charge in [0.25, 0.3) is 11.8 Å². The highest BCUT2D eigenvalue weighted by Gasteiger charge is 2.20. The van der Waals surface area contributed by atoms with Gasteiger partial charge < -0.3 is 19.3 Å². The molecular formula is C19H17N3O4. The van der Waals surface area contributed by atoms with E-state index in [2.05, 4.69) is 15.5 Å². The van der Waals surface area contributed by atoms with Crippen molar-refractivity contribution in [3.63, 3.8) is 0 Å². The van der Waals surface area contributed by atoms with Crippen molar-refractivity contribution in [1.82, 2.24) is 15.5 Å². The van der Waals surface area contributed by atoms with Gasteiger partial charge in [-0.25, -0.2) is 0 Å². The van der Waals surface area contributed by atoms with Crippen LogP contribution in [0, 0.1) is 0 Å². The number of rotatable bonds is 5. The number of carbonyl (C=O) groups excluding carboxylic acids is 1. The fourth-order valence-corrected chi connectivity index (χ4v) is 2.69. The van der Waals surface area contributed by atoms with Gasteiger partial charge >= 0.3 is 0 Å². The average molecular weight is 351 g/mol. The summed E-state index contributed by atoms with van der Waals surface area (Å²) in [5, 5.41) is 6.80. The smallest absolute Gasteiger partial charge is 0.257 e. The van der Waals surface area contributed by atoms with Crippen LogP contribution in [0.4, 0.5) is 0 Å². The highest BCUT2D eigenvalue weighted by Crippen LogP contribution is 2.33. The first-order valence-corrected chi connectivity index (χ1v) is 8.36. The van der Waals surface area contributed by atoms with Gasteiger partial charge in [0, 0.05) is 18.5 Å². The Kier molecular flexibility index (Phi) is 4.51. The lowest BCUT2D eigenvalue weighted by Crippen LogP contribution is -2.27. The third-order valence-corrected chi connectivity index (χ3v) is 3.93. The number of para-hydroxylation sites is 1. The molecular weight excluding hydrogens is 334 g/mol. The molecule has 1 amide bonds. The summed E-state index contributed by atoms with van der Waals surface area (Å²) in [5.41, 5.74) is 1.32. The van der Waals surface area contributed by atoms with Crippen LogP contribution in [0.2, 0.25) is 0 Å². The molecule has 0 aliphatic carbocycles. The quantitative estimate of drug-likeness (QED) is 0.760. The lowest BCUT2D eigenvalue weighted by molar-refractivity contribution is 0.0942. The molecule has 2 heterocycles. The van der Waals surface area contributed by atoms with E-state index < -0.39 is 0 Å². The van der Waals surface area contributed by atoms with Gasteiger partial charge in [0.2, 0.25) is 0 Å². The fraction of sp³-hybridized carbons (Fsp3) is 0.211. The molecule has 1 aromatic heterocycles. The Morgan fingerprint density at radius 3 is 2.77 bits per heavy atom. The Hall–Kier alpha value is -3.35. The molecule has 0 atom stereocenters. The molecule has 0 unspecified atom stereocenters. The second kappa shape index (κ2) is 7.26. The number of hydrogen-bond acceptors (Lipinski definition) is 6. The van der Waals surface area contributed by atoms with Gasteiger partial charge in [-0.3, -0.25) is 4.79 Å².